The first-order chi connectivity index (χ1) is 10.2. The Morgan fingerprint density at radius 2 is 1.95 bits per heavy atom. The number of imidazole rings is 1. The van der Waals surface area contributed by atoms with Crippen molar-refractivity contribution in [2.45, 2.75) is 13.0 Å². The van der Waals surface area contributed by atoms with Crippen molar-refractivity contribution < 1.29 is 4.74 Å². The number of methoxy groups -OCH3 is 1. The lowest BCUT2D eigenvalue weighted by Crippen LogP contribution is -1.95. The van der Waals surface area contributed by atoms with Gasteiger partial charge in [-0.3, -0.25) is 0 Å². The van der Waals surface area contributed by atoms with Gasteiger partial charge in [-0.15, -0.1) is 0 Å². The molecule has 3 heterocycles. The van der Waals surface area contributed by atoms with E-state index in [-0.39, 0.29) is 0 Å². The molecule has 0 saturated carbocycles. The lowest BCUT2D eigenvalue weighted by molar-refractivity contribution is 0.415. The molecule has 1 aromatic carbocycles. The van der Waals surface area contributed by atoms with Gasteiger partial charge in [-0.25, -0.2) is 4.98 Å². The van der Waals surface area contributed by atoms with Gasteiger partial charge >= 0.3 is 0 Å². The Bertz CT molecular complexity index is 791. The topological polar surface area (TPSA) is 29.5 Å². The van der Waals surface area contributed by atoms with Gasteiger partial charge in [0.25, 0.3) is 0 Å². The summed E-state index contributed by atoms with van der Waals surface area (Å²) >= 11 is 0. The predicted octanol–water partition coefficient (Wildman–Crippen LogP) is 3.22. The minimum Gasteiger partial charge on any atom is -0.497 e. The fourth-order valence-corrected chi connectivity index (χ4v) is 2.65. The third-order valence-corrected chi connectivity index (χ3v) is 4.02. The van der Waals surface area contributed by atoms with Crippen molar-refractivity contribution in [3.05, 3.63) is 48.8 Å². The van der Waals surface area contributed by atoms with Gasteiger partial charge in [-0.05, 0) is 37.3 Å². The van der Waals surface area contributed by atoms with E-state index in [1.54, 1.807) is 7.11 Å². The van der Waals surface area contributed by atoms with E-state index in [4.69, 9.17) is 9.72 Å². The monoisotopic (exact) mass is 279 g/mol. The van der Waals surface area contributed by atoms with Gasteiger partial charge in [-0.1, -0.05) is 0 Å². The summed E-state index contributed by atoms with van der Waals surface area (Å²) in [6.07, 6.45) is 4.14. The van der Waals surface area contributed by atoms with Crippen LogP contribution in [-0.2, 0) is 0 Å². The molecule has 4 nitrogen and oxygen atoms in total. The molecule has 4 rings (SSSR count). The summed E-state index contributed by atoms with van der Waals surface area (Å²) in [4.78, 5) is 7.09. The Morgan fingerprint density at radius 3 is 2.62 bits per heavy atom. The van der Waals surface area contributed by atoms with Gasteiger partial charge in [-0.2, -0.15) is 0 Å². The SMILES string of the molecule is COc1ccc(-c2cn3ccc(N4CC4C)cc3n2)cc1. The van der Waals surface area contributed by atoms with Gasteiger partial charge in [0, 0.05) is 42.3 Å². The third kappa shape index (κ3) is 2.13. The van der Waals surface area contributed by atoms with E-state index >= 15 is 0 Å². The largest absolute Gasteiger partial charge is 0.497 e. The maximum atomic E-state index is 5.19. The van der Waals surface area contributed by atoms with E-state index in [0.717, 1.165) is 29.2 Å². The van der Waals surface area contributed by atoms with Crippen LogP contribution < -0.4 is 9.64 Å². The Kier molecular flexibility index (Phi) is 2.64. The lowest BCUT2D eigenvalue weighted by atomic mass is 10.2. The molecule has 1 aliphatic heterocycles. The third-order valence-electron chi connectivity index (χ3n) is 4.02. The number of ether oxygens (including phenoxy) is 1. The van der Waals surface area contributed by atoms with Crippen molar-refractivity contribution >= 4 is 11.3 Å². The molecule has 3 aromatic rings. The van der Waals surface area contributed by atoms with Crippen LogP contribution in [-0.4, -0.2) is 29.1 Å². The highest BCUT2D eigenvalue weighted by atomic mass is 16.5. The molecular weight excluding hydrogens is 262 g/mol. The molecule has 0 radical (unpaired) electrons. The highest BCUT2D eigenvalue weighted by molar-refractivity contribution is 5.67. The average Bonchev–Trinajstić information content (AvgIpc) is 3.10. The zero-order valence-corrected chi connectivity index (χ0v) is 12.2. The Hall–Kier alpha value is -2.49. The Labute approximate surface area is 123 Å². The molecule has 21 heavy (non-hydrogen) atoms. The molecule has 0 amide bonds. The Morgan fingerprint density at radius 1 is 1.19 bits per heavy atom. The average molecular weight is 279 g/mol. The second-order valence-corrected chi connectivity index (χ2v) is 5.51. The number of pyridine rings is 1. The number of nitrogens with zero attached hydrogens (tertiary/aromatic N) is 3. The van der Waals surface area contributed by atoms with Crippen LogP contribution in [0.5, 0.6) is 5.75 Å². The van der Waals surface area contributed by atoms with Crippen LogP contribution in [0.4, 0.5) is 5.69 Å². The van der Waals surface area contributed by atoms with Gasteiger partial charge in [0.1, 0.15) is 11.4 Å². The normalized spacial score (nSPS) is 17.2. The van der Waals surface area contributed by atoms with E-state index in [1.807, 2.05) is 24.3 Å². The van der Waals surface area contributed by atoms with Crippen LogP contribution in [0.3, 0.4) is 0 Å². The molecular formula is C17H17N3O. The number of rotatable bonds is 3. The van der Waals surface area contributed by atoms with Gasteiger partial charge < -0.3 is 14.0 Å². The standard InChI is InChI=1S/C17H17N3O/c1-12-10-20(12)14-7-8-19-11-16(18-17(19)9-14)13-3-5-15(21-2)6-4-13/h3-9,11-12H,10H2,1-2H3. The summed E-state index contributed by atoms with van der Waals surface area (Å²) in [6.45, 7) is 3.38. The van der Waals surface area contributed by atoms with E-state index in [2.05, 4.69) is 40.8 Å². The second kappa shape index (κ2) is 4.52. The minimum absolute atomic E-state index is 0.656. The number of fused-ring (bicyclic) bond motifs is 1. The van der Waals surface area contributed by atoms with Gasteiger partial charge in [0.15, 0.2) is 0 Å². The van der Waals surface area contributed by atoms with E-state index in [9.17, 15) is 0 Å². The van der Waals surface area contributed by atoms with Crippen molar-refractivity contribution in [3.63, 3.8) is 0 Å². The molecule has 1 atom stereocenters. The maximum Gasteiger partial charge on any atom is 0.139 e. The summed E-state index contributed by atoms with van der Waals surface area (Å²) in [5.41, 5.74) is 4.31. The summed E-state index contributed by atoms with van der Waals surface area (Å²) in [5, 5.41) is 0. The number of benzene rings is 1. The van der Waals surface area contributed by atoms with E-state index < -0.39 is 0 Å². The van der Waals surface area contributed by atoms with Crippen LogP contribution in [0.2, 0.25) is 0 Å². The molecule has 1 unspecified atom stereocenters. The Balaban J connectivity index is 1.72. The maximum absolute atomic E-state index is 5.19. The molecule has 0 spiro atoms. The quantitative estimate of drug-likeness (QED) is 0.689. The number of anilines is 1. The smallest absolute Gasteiger partial charge is 0.139 e. The van der Waals surface area contributed by atoms with Crippen LogP contribution >= 0.6 is 0 Å². The predicted molar refractivity (Wildman–Crippen MR) is 84.0 cm³/mol. The number of hydrogen-bond donors (Lipinski definition) is 0. The minimum atomic E-state index is 0.656. The van der Waals surface area contributed by atoms with Crippen molar-refractivity contribution in [2.24, 2.45) is 0 Å². The first-order valence-corrected chi connectivity index (χ1v) is 7.14. The summed E-state index contributed by atoms with van der Waals surface area (Å²) in [6, 6.07) is 12.9. The summed E-state index contributed by atoms with van der Waals surface area (Å²) in [5.74, 6) is 0.861. The van der Waals surface area contributed by atoms with Gasteiger partial charge in [0.05, 0.1) is 12.8 Å². The van der Waals surface area contributed by atoms with Crippen LogP contribution in [0.25, 0.3) is 16.9 Å². The molecule has 1 fully saturated rings. The van der Waals surface area contributed by atoms with Crippen molar-refractivity contribution in [1.82, 2.24) is 9.38 Å². The number of aromatic nitrogens is 2. The van der Waals surface area contributed by atoms with Crippen LogP contribution in [0.15, 0.2) is 48.8 Å². The second-order valence-electron chi connectivity index (χ2n) is 5.51. The molecule has 106 valence electrons. The highest BCUT2D eigenvalue weighted by Gasteiger charge is 2.29. The number of hydrogen-bond acceptors (Lipinski definition) is 3. The van der Waals surface area contributed by atoms with Crippen molar-refractivity contribution in [1.29, 1.82) is 0 Å². The molecule has 0 N–H and O–H groups in total. The van der Waals surface area contributed by atoms with Crippen LogP contribution in [0.1, 0.15) is 6.92 Å². The van der Waals surface area contributed by atoms with E-state index in [1.165, 1.54) is 5.69 Å². The van der Waals surface area contributed by atoms with Crippen LogP contribution in [0, 0.1) is 0 Å². The fourth-order valence-electron chi connectivity index (χ4n) is 2.65. The van der Waals surface area contributed by atoms with Crippen molar-refractivity contribution in [2.75, 3.05) is 18.6 Å². The lowest BCUT2D eigenvalue weighted by Gasteiger charge is -2.03. The van der Waals surface area contributed by atoms with Gasteiger partial charge in [0.2, 0.25) is 0 Å². The van der Waals surface area contributed by atoms with Crippen molar-refractivity contribution in [3.8, 4) is 17.0 Å². The first-order valence-electron chi connectivity index (χ1n) is 7.14. The molecule has 0 aliphatic carbocycles. The highest BCUT2D eigenvalue weighted by Crippen LogP contribution is 2.29. The first kappa shape index (κ1) is 12.3. The fraction of sp³-hybridized carbons (Fsp3) is 0.235. The molecule has 4 heteroatoms. The summed E-state index contributed by atoms with van der Waals surface area (Å²) in [7, 11) is 1.68. The molecule has 1 aliphatic rings. The van der Waals surface area contributed by atoms with E-state index in [0.29, 0.717) is 6.04 Å². The molecule has 0 bridgehead atoms. The summed E-state index contributed by atoms with van der Waals surface area (Å²) < 4.78 is 7.26. The zero-order chi connectivity index (χ0) is 14.4. The molecule has 1 saturated heterocycles. The molecule has 2 aromatic heterocycles. The zero-order valence-electron chi connectivity index (χ0n) is 12.2.